The summed E-state index contributed by atoms with van der Waals surface area (Å²) in [5, 5.41) is 5.40. The number of H-pyrrole nitrogens is 2. The van der Waals surface area contributed by atoms with Gasteiger partial charge in [-0.25, -0.2) is 19.6 Å². The molecule has 348 valence electrons. The zero-order valence-corrected chi connectivity index (χ0v) is 36.9. The molecule has 6 atom stereocenters. The number of piperidine rings is 1. The number of halogens is 2. The topological polar surface area (TPSA) is 175 Å². The lowest BCUT2D eigenvalue weighted by molar-refractivity contribution is -0.138. The lowest BCUT2D eigenvalue weighted by atomic mass is 9.96. The summed E-state index contributed by atoms with van der Waals surface area (Å²) in [6.45, 7) is 4.19. The van der Waals surface area contributed by atoms with Gasteiger partial charge < -0.3 is 39.9 Å². The molecule has 4 aliphatic rings. The van der Waals surface area contributed by atoms with Gasteiger partial charge in [0.25, 0.3) is 11.8 Å². The van der Waals surface area contributed by atoms with Gasteiger partial charge in [-0.15, -0.1) is 0 Å². The molecule has 67 heavy (non-hydrogen) atoms. The zero-order valence-electron chi connectivity index (χ0n) is 36.9. The number of ether oxygens (including phenoxy) is 2. The number of nitrogens with zero attached hydrogens (tertiary/aromatic N) is 4. The van der Waals surface area contributed by atoms with Crippen LogP contribution in [0.25, 0.3) is 44.5 Å². The number of aromatic amines is 2. The second kappa shape index (κ2) is 17.6. The summed E-state index contributed by atoms with van der Waals surface area (Å²) >= 11 is 0. The Morgan fingerprint density at radius 1 is 0.791 bits per heavy atom. The Bertz CT molecular complexity index is 2880. The van der Waals surface area contributed by atoms with Gasteiger partial charge in [-0.05, 0) is 96.0 Å². The Labute approximate surface area is 386 Å². The second-order valence-corrected chi connectivity index (χ2v) is 18.1. The van der Waals surface area contributed by atoms with Crippen LogP contribution in [0.4, 0.5) is 18.4 Å². The summed E-state index contributed by atoms with van der Waals surface area (Å²) in [6.07, 6.45) is 4.25. The number of likely N-dealkylation sites (tertiary alicyclic amines) is 2. The van der Waals surface area contributed by atoms with Gasteiger partial charge in [0.15, 0.2) is 0 Å². The molecule has 4 amide bonds. The third-order valence-electron chi connectivity index (χ3n) is 13.9. The first kappa shape index (κ1) is 45.1. The number of hydrogen-bond donors (Lipinski definition) is 4. The number of imidazole rings is 2. The first-order valence-corrected chi connectivity index (χ1v) is 22.4. The van der Waals surface area contributed by atoms with Crippen LogP contribution in [0.3, 0.4) is 0 Å². The largest absolute Gasteiger partial charge is 0.453 e. The quantitative estimate of drug-likeness (QED) is 0.105. The molecule has 0 radical (unpaired) electrons. The number of rotatable bonds is 10. The van der Waals surface area contributed by atoms with Crippen LogP contribution in [0.1, 0.15) is 99.8 Å². The molecule has 2 aliphatic carbocycles. The molecule has 0 spiro atoms. The van der Waals surface area contributed by atoms with Crippen molar-refractivity contribution in [1.29, 1.82) is 0 Å². The predicted molar refractivity (Wildman–Crippen MR) is 248 cm³/mol. The second-order valence-electron chi connectivity index (χ2n) is 18.1. The molecule has 16 heteroatoms. The normalized spacial score (nSPS) is 20.8. The van der Waals surface area contributed by atoms with Crippen LogP contribution in [0.2, 0.25) is 0 Å². The molecule has 4 heterocycles. The van der Waals surface area contributed by atoms with E-state index in [9.17, 15) is 19.2 Å². The molecule has 4 N–H and O–H groups in total. The third-order valence-corrected chi connectivity index (χ3v) is 13.9. The molecule has 2 aromatic heterocycles. The molecular weight excluding hydrogens is 859 g/mol. The van der Waals surface area contributed by atoms with Crippen LogP contribution in [0, 0.1) is 11.8 Å². The van der Waals surface area contributed by atoms with Gasteiger partial charge in [0.05, 0.1) is 49.2 Å². The number of benzene rings is 4. The molecule has 2 saturated heterocycles. The summed E-state index contributed by atoms with van der Waals surface area (Å²) in [4.78, 5) is 72.5. The van der Waals surface area contributed by atoms with Crippen LogP contribution in [0.5, 0.6) is 0 Å². The molecule has 4 aromatic carbocycles. The first-order chi connectivity index (χ1) is 31.8. The summed E-state index contributed by atoms with van der Waals surface area (Å²) in [6, 6.07) is 22.5. The Balaban J connectivity index is 0.00000562. The average molecular weight is 913 g/mol. The summed E-state index contributed by atoms with van der Waals surface area (Å²) in [5.74, 6) is -2.58. The highest BCUT2D eigenvalue weighted by Gasteiger charge is 2.52. The van der Waals surface area contributed by atoms with Crippen LogP contribution in [-0.4, -0.2) is 86.6 Å². The standard InChI is InChI=1S/C50H50F2N8O6.CH4/c1-26(2)41(57-48(63)65-3)46(61)59-20-8-11-40(59)44-53-25-39(56-44)30-14-18-34-33-17-13-28(22-35(33)50(51,52)36(34)23-30)29-15-19-37-38(24-29)55-45(54-37)43-31-12-16-32(21-31)60(43)47(62)42(58-49(64)66-4)27-9-6-5-7-10-27;/h5-7,9-10,13-15,17-19,22-26,31-32,40-43H,8,11-12,16,20-21H2,1-4H3,(H,53,56)(H,54,55)(H,57,63)(H,58,64);1H4/t31-,32+,40-,41-,42+,43-;/m0./s1. The van der Waals surface area contributed by atoms with Crippen LogP contribution in [-0.2, 0) is 25.0 Å². The van der Waals surface area contributed by atoms with E-state index in [2.05, 4.69) is 25.6 Å². The molecule has 2 bridgehead atoms. The minimum absolute atomic E-state index is 0. The van der Waals surface area contributed by atoms with Crippen LogP contribution >= 0.6 is 0 Å². The maximum absolute atomic E-state index is 16.6. The van der Waals surface area contributed by atoms with Crippen molar-refractivity contribution in [2.24, 2.45) is 11.8 Å². The fourth-order valence-electron chi connectivity index (χ4n) is 10.7. The fourth-order valence-corrected chi connectivity index (χ4v) is 10.7. The predicted octanol–water partition coefficient (Wildman–Crippen LogP) is 9.57. The number of aromatic nitrogens is 4. The van der Waals surface area contributed by atoms with Gasteiger partial charge in [-0.2, -0.15) is 8.78 Å². The van der Waals surface area contributed by atoms with E-state index in [-0.39, 0.29) is 60.3 Å². The van der Waals surface area contributed by atoms with E-state index in [4.69, 9.17) is 14.5 Å². The maximum Gasteiger partial charge on any atom is 0.407 e. The van der Waals surface area contributed by atoms with E-state index in [1.807, 2.05) is 61.2 Å². The van der Waals surface area contributed by atoms with Crippen LogP contribution in [0.15, 0.2) is 91.1 Å². The van der Waals surface area contributed by atoms with Crippen molar-refractivity contribution in [3.05, 3.63) is 119 Å². The Kier molecular flexibility index (Phi) is 11.8. The highest BCUT2D eigenvalue weighted by molar-refractivity contribution is 5.90. The number of carbonyl (C=O) groups is 4. The van der Waals surface area contributed by atoms with Crippen molar-refractivity contribution in [2.75, 3.05) is 20.8 Å². The van der Waals surface area contributed by atoms with Crippen molar-refractivity contribution in [3.8, 4) is 33.5 Å². The van der Waals surface area contributed by atoms with Crippen LogP contribution < -0.4 is 10.6 Å². The number of amides is 4. The number of methoxy groups -OCH3 is 2. The summed E-state index contributed by atoms with van der Waals surface area (Å²) in [5.41, 5.74) is 5.19. The molecule has 0 unspecified atom stereocenters. The molecule has 10 rings (SSSR count). The van der Waals surface area contributed by atoms with Gasteiger partial charge in [0, 0.05) is 29.3 Å². The van der Waals surface area contributed by atoms with E-state index in [0.29, 0.717) is 69.2 Å². The Hall–Kier alpha value is -7.10. The number of alkyl carbamates (subject to hydrolysis) is 2. The summed E-state index contributed by atoms with van der Waals surface area (Å²) in [7, 11) is 2.52. The highest BCUT2D eigenvalue weighted by atomic mass is 19.3. The van der Waals surface area contributed by atoms with E-state index >= 15 is 8.78 Å². The molecule has 14 nitrogen and oxygen atoms in total. The summed E-state index contributed by atoms with van der Waals surface area (Å²) < 4.78 is 42.9. The highest BCUT2D eigenvalue weighted by Crippen LogP contribution is 2.53. The molecule has 6 aromatic rings. The SMILES string of the molecule is C.COC(=O)N[C@H](C(=O)N1CCC[C@H]1c1ncc(-c2ccc3c(c2)C(F)(F)c2cc(-c4ccc5nc([C@@H]6[C@H]7CC[C@H](C7)N6C(=O)[C@H](NC(=O)OC)c6ccccc6)[nH]c5c4)ccc2-3)[nH]1)C(C)C. The first-order valence-electron chi connectivity index (χ1n) is 22.4. The van der Waals surface area contributed by atoms with Crippen molar-refractivity contribution in [1.82, 2.24) is 40.4 Å². The van der Waals surface area contributed by atoms with Crippen molar-refractivity contribution in [2.45, 2.75) is 89.5 Å². The van der Waals surface area contributed by atoms with E-state index < -0.39 is 30.2 Å². The fraction of sp³-hybridized carbons (Fsp3) is 0.373. The van der Waals surface area contributed by atoms with E-state index in [1.165, 1.54) is 20.3 Å². The molecule has 2 aliphatic heterocycles. The van der Waals surface area contributed by atoms with Gasteiger partial charge >= 0.3 is 12.2 Å². The number of hydrogen-bond acceptors (Lipinski definition) is 8. The maximum atomic E-state index is 16.6. The van der Waals surface area contributed by atoms with Crippen molar-refractivity contribution < 1.29 is 37.4 Å². The van der Waals surface area contributed by atoms with E-state index in [1.54, 1.807) is 47.5 Å². The van der Waals surface area contributed by atoms with Crippen molar-refractivity contribution in [3.63, 3.8) is 0 Å². The van der Waals surface area contributed by atoms with E-state index in [0.717, 1.165) is 31.2 Å². The minimum atomic E-state index is -3.30. The zero-order chi connectivity index (χ0) is 46.0. The smallest absolute Gasteiger partial charge is 0.407 e. The van der Waals surface area contributed by atoms with Gasteiger partial charge in [-0.3, -0.25) is 9.59 Å². The Morgan fingerprint density at radius 2 is 1.46 bits per heavy atom. The number of fused-ring (bicyclic) bond motifs is 6. The molecule has 3 fully saturated rings. The van der Waals surface area contributed by atoms with Gasteiger partial charge in [0.2, 0.25) is 5.91 Å². The average Bonchev–Trinajstić information content (AvgIpc) is 4.21. The molecule has 1 saturated carbocycles. The monoisotopic (exact) mass is 912 g/mol. The number of nitrogens with one attached hydrogen (secondary N) is 4. The third kappa shape index (κ3) is 7.85. The lowest BCUT2D eigenvalue weighted by Crippen LogP contribution is -2.51. The number of alkyl halides is 2. The minimum Gasteiger partial charge on any atom is -0.453 e. The van der Waals surface area contributed by atoms with Gasteiger partial charge in [0.1, 0.15) is 23.7 Å². The van der Waals surface area contributed by atoms with Gasteiger partial charge in [-0.1, -0.05) is 81.9 Å². The Morgan fingerprint density at radius 3 is 2.18 bits per heavy atom. The molecular formula is C51H54F2N8O6. The lowest BCUT2D eigenvalue weighted by Gasteiger charge is -2.36. The number of carbonyl (C=O) groups excluding carboxylic acids is 4. The van der Waals surface area contributed by atoms with Crippen molar-refractivity contribution >= 4 is 35.0 Å².